The van der Waals surface area contributed by atoms with Crippen LogP contribution in [0.3, 0.4) is 0 Å². The van der Waals surface area contributed by atoms with Crippen LogP contribution in [0.2, 0.25) is 10.0 Å². The van der Waals surface area contributed by atoms with Crippen LogP contribution in [0.25, 0.3) is 6.08 Å². The highest BCUT2D eigenvalue weighted by Crippen LogP contribution is 2.31. The lowest BCUT2D eigenvalue weighted by Gasteiger charge is -2.13. The van der Waals surface area contributed by atoms with Gasteiger partial charge < -0.3 is 15.2 Å². The molecule has 2 N–H and O–H groups in total. The van der Waals surface area contributed by atoms with Crippen molar-refractivity contribution in [1.82, 2.24) is 0 Å². The van der Waals surface area contributed by atoms with E-state index in [1.165, 1.54) is 6.08 Å². The van der Waals surface area contributed by atoms with Gasteiger partial charge in [0.05, 0.1) is 6.61 Å². The van der Waals surface area contributed by atoms with E-state index in [2.05, 4.69) is 0 Å². The SMILES string of the molecule is CCOc1cc(C=C(C#N)C(N)=O)ccc1OCc1ccc(Cl)cc1Cl. The first-order valence-electron chi connectivity index (χ1n) is 7.69. The number of benzene rings is 2. The highest BCUT2D eigenvalue weighted by atomic mass is 35.5. The van der Waals surface area contributed by atoms with Gasteiger partial charge in [-0.2, -0.15) is 5.26 Å². The van der Waals surface area contributed by atoms with Gasteiger partial charge in [0, 0.05) is 15.6 Å². The van der Waals surface area contributed by atoms with E-state index in [-0.39, 0.29) is 12.2 Å². The molecule has 0 unspecified atom stereocenters. The average Bonchev–Trinajstić information content (AvgIpc) is 2.60. The summed E-state index contributed by atoms with van der Waals surface area (Å²) in [6, 6.07) is 12.0. The number of primary amides is 1. The molecule has 0 aliphatic heterocycles. The molecule has 2 rings (SSSR count). The zero-order valence-electron chi connectivity index (χ0n) is 14.0. The Bertz CT molecular complexity index is 889. The lowest BCUT2D eigenvalue weighted by atomic mass is 10.1. The summed E-state index contributed by atoms with van der Waals surface area (Å²) in [5.74, 6) is 0.198. The first-order chi connectivity index (χ1) is 12.4. The molecule has 0 bridgehead atoms. The Hall–Kier alpha value is -2.68. The Morgan fingerprint density at radius 2 is 1.96 bits per heavy atom. The molecule has 0 spiro atoms. The van der Waals surface area contributed by atoms with Gasteiger partial charge in [-0.15, -0.1) is 0 Å². The van der Waals surface area contributed by atoms with Crippen LogP contribution in [0.4, 0.5) is 0 Å². The second-order valence-corrected chi connectivity index (χ2v) is 6.04. The van der Waals surface area contributed by atoms with Gasteiger partial charge in [-0.1, -0.05) is 35.3 Å². The number of hydrogen-bond acceptors (Lipinski definition) is 4. The summed E-state index contributed by atoms with van der Waals surface area (Å²) in [6.07, 6.45) is 1.39. The minimum Gasteiger partial charge on any atom is -0.490 e. The summed E-state index contributed by atoms with van der Waals surface area (Å²) < 4.78 is 11.4. The lowest BCUT2D eigenvalue weighted by Crippen LogP contribution is -2.12. The Morgan fingerprint density at radius 3 is 2.58 bits per heavy atom. The number of nitrogens with two attached hydrogens (primary N) is 1. The van der Waals surface area contributed by atoms with E-state index in [9.17, 15) is 4.79 Å². The molecule has 7 heteroatoms. The van der Waals surface area contributed by atoms with Gasteiger partial charge in [0.25, 0.3) is 5.91 Å². The number of rotatable bonds is 7. The van der Waals surface area contributed by atoms with Crippen molar-refractivity contribution in [2.75, 3.05) is 6.61 Å². The summed E-state index contributed by atoms with van der Waals surface area (Å²) in [6.45, 7) is 2.49. The van der Waals surface area contributed by atoms with Crippen LogP contribution in [0.5, 0.6) is 11.5 Å². The molecular weight excluding hydrogens is 375 g/mol. The van der Waals surface area contributed by atoms with E-state index in [4.69, 9.17) is 43.7 Å². The van der Waals surface area contributed by atoms with E-state index in [0.717, 1.165) is 5.56 Å². The number of halogens is 2. The van der Waals surface area contributed by atoms with Gasteiger partial charge in [-0.05, 0) is 42.8 Å². The van der Waals surface area contributed by atoms with Crippen LogP contribution >= 0.6 is 23.2 Å². The van der Waals surface area contributed by atoms with Gasteiger partial charge in [0.1, 0.15) is 18.2 Å². The fourth-order valence-electron chi connectivity index (χ4n) is 2.12. The monoisotopic (exact) mass is 390 g/mol. The molecule has 2 aromatic carbocycles. The van der Waals surface area contributed by atoms with Crippen molar-refractivity contribution >= 4 is 35.2 Å². The topological polar surface area (TPSA) is 85.3 Å². The molecule has 0 atom stereocenters. The quantitative estimate of drug-likeness (QED) is 0.561. The first kappa shape index (κ1) is 19.6. The standard InChI is InChI=1S/C19H16Cl2N2O3/c1-2-25-18-8-12(7-14(10-22)19(23)24)3-6-17(18)26-11-13-4-5-15(20)9-16(13)21/h3-9H,2,11H2,1H3,(H2,23,24). The number of carbonyl (C=O) groups is 1. The largest absolute Gasteiger partial charge is 0.490 e. The molecule has 0 aliphatic carbocycles. The average molecular weight is 391 g/mol. The summed E-state index contributed by atoms with van der Waals surface area (Å²) in [4.78, 5) is 11.2. The summed E-state index contributed by atoms with van der Waals surface area (Å²) >= 11 is 12.0. The van der Waals surface area contributed by atoms with Crippen molar-refractivity contribution in [2.24, 2.45) is 5.73 Å². The van der Waals surface area contributed by atoms with Gasteiger partial charge >= 0.3 is 0 Å². The van der Waals surface area contributed by atoms with Crippen molar-refractivity contribution in [3.05, 3.63) is 63.1 Å². The van der Waals surface area contributed by atoms with Crippen molar-refractivity contribution < 1.29 is 14.3 Å². The van der Waals surface area contributed by atoms with Crippen molar-refractivity contribution in [2.45, 2.75) is 13.5 Å². The van der Waals surface area contributed by atoms with E-state index < -0.39 is 5.91 Å². The van der Waals surface area contributed by atoms with Crippen LogP contribution < -0.4 is 15.2 Å². The number of nitriles is 1. The zero-order valence-corrected chi connectivity index (χ0v) is 15.5. The molecule has 2 aromatic rings. The number of ether oxygens (including phenoxy) is 2. The predicted octanol–water partition coefficient (Wildman–Crippen LogP) is 4.36. The zero-order chi connectivity index (χ0) is 19.1. The third-order valence-electron chi connectivity index (χ3n) is 3.36. The Kier molecular flexibility index (Phi) is 6.90. The molecule has 134 valence electrons. The molecule has 1 amide bonds. The van der Waals surface area contributed by atoms with E-state index >= 15 is 0 Å². The lowest BCUT2D eigenvalue weighted by molar-refractivity contribution is -0.114. The number of nitrogens with zero attached hydrogens (tertiary/aromatic N) is 1. The molecule has 0 aliphatic rings. The Morgan fingerprint density at radius 1 is 1.19 bits per heavy atom. The number of hydrogen-bond donors (Lipinski definition) is 1. The van der Waals surface area contributed by atoms with Gasteiger partial charge in [-0.25, -0.2) is 0 Å². The molecule has 0 aromatic heterocycles. The molecule has 0 fully saturated rings. The second-order valence-electron chi connectivity index (χ2n) is 5.20. The van der Waals surface area contributed by atoms with Crippen molar-refractivity contribution in [3.8, 4) is 17.6 Å². The van der Waals surface area contributed by atoms with Crippen LogP contribution in [0.1, 0.15) is 18.1 Å². The minimum atomic E-state index is -0.789. The highest BCUT2D eigenvalue weighted by Gasteiger charge is 2.10. The van der Waals surface area contributed by atoms with Crippen molar-refractivity contribution in [3.63, 3.8) is 0 Å². The highest BCUT2D eigenvalue weighted by molar-refractivity contribution is 6.35. The maximum Gasteiger partial charge on any atom is 0.259 e. The smallest absolute Gasteiger partial charge is 0.259 e. The fourth-order valence-corrected chi connectivity index (χ4v) is 2.58. The van der Waals surface area contributed by atoms with Gasteiger partial charge in [-0.3, -0.25) is 4.79 Å². The van der Waals surface area contributed by atoms with Crippen molar-refractivity contribution in [1.29, 1.82) is 5.26 Å². The number of amides is 1. The molecule has 0 saturated carbocycles. The van der Waals surface area contributed by atoms with E-state index in [1.54, 1.807) is 42.5 Å². The van der Waals surface area contributed by atoms with Gasteiger partial charge in [0.15, 0.2) is 11.5 Å². The summed E-state index contributed by atoms with van der Waals surface area (Å²) in [5.41, 5.74) is 6.38. The van der Waals surface area contributed by atoms with E-state index in [0.29, 0.717) is 33.7 Å². The molecule has 26 heavy (non-hydrogen) atoms. The molecular formula is C19H16Cl2N2O3. The maximum absolute atomic E-state index is 11.2. The maximum atomic E-state index is 11.2. The number of carbonyl (C=O) groups excluding carboxylic acids is 1. The Balaban J connectivity index is 2.25. The third kappa shape index (κ3) is 5.16. The van der Waals surface area contributed by atoms with Gasteiger partial charge in [0.2, 0.25) is 0 Å². The Labute approximate surface area is 161 Å². The van der Waals surface area contributed by atoms with Crippen LogP contribution in [0.15, 0.2) is 42.0 Å². The van der Waals surface area contributed by atoms with Crippen LogP contribution in [-0.4, -0.2) is 12.5 Å². The summed E-state index contributed by atoms with van der Waals surface area (Å²) in [7, 11) is 0. The second kappa shape index (κ2) is 9.14. The molecule has 0 heterocycles. The molecule has 5 nitrogen and oxygen atoms in total. The molecule has 0 radical (unpaired) electrons. The minimum absolute atomic E-state index is 0.144. The predicted molar refractivity (Wildman–Crippen MR) is 101 cm³/mol. The normalized spacial score (nSPS) is 10.9. The van der Waals surface area contributed by atoms with Crippen LogP contribution in [-0.2, 0) is 11.4 Å². The van der Waals surface area contributed by atoms with Crippen LogP contribution in [0, 0.1) is 11.3 Å². The fraction of sp³-hybridized carbons (Fsp3) is 0.158. The molecule has 0 saturated heterocycles. The summed E-state index contributed by atoms with van der Waals surface area (Å²) in [5, 5.41) is 10.0. The van der Waals surface area contributed by atoms with E-state index in [1.807, 2.05) is 6.92 Å². The first-order valence-corrected chi connectivity index (χ1v) is 8.45. The third-order valence-corrected chi connectivity index (χ3v) is 3.95.